The molecule has 1 rings (SSSR count). The van der Waals surface area contributed by atoms with Gasteiger partial charge in [-0.1, -0.05) is 12.1 Å². The van der Waals surface area contributed by atoms with Crippen molar-refractivity contribution in [3.63, 3.8) is 0 Å². The number of aromatic hydroxyl groups is 1. The lowest BCUT2D eigenvalue weighted by Crippen LogP contribution is -2.26. The Morgan fingerprint density at radius 2 is 2.07 bits per heavy atom. The number of phenols is 1. The highest BCUT2D eigenvalue weighted by atomic mass is 16.5. The van der Waals surface area contributed by atoms with Gasteiger partial charge in [0.25, 0.3) is 0 Å². The predicted molar refractivity (Wildman–Crippen MR) is 56.4 cm³/mol. The van der Waals surface area contributed by atoms with Crippen LogP contribution >= 0.6 is 0 Å². The van der Waals surface area contributed by atoms with Gasteiger partial charge in [0.05, 0.1) is 13.5 Å². The SMILES string of the molecule is COC(=O)CC(N)Cc1ccc(O)cc1. The second-order valence-corrected chi connectivity index (χ2v) is 3.41. The van der Waals surface area contributed by atoms with Crippen molar-refractivity contribution in [1.29, 1.82) is 0 Å². The molecule has 1 unspecified atom stereocenters. The van der Waals surface area contributed by atoms with Crippen LogP contribution in [0.25, 0.3) is 0 Å². The zero-order chi connectivity index (χ0) is 11.3. The van der Waals surface area contributed by atoms with Crippen molar-refractivity contribution in [2.75, 3.05) is 7.11 Å². The molecular weight excluding hydrogens is 194 g/mol. The van der Waals surface area contributed by atoms with Gasteiger partial charge in [-0.25, -0.2) is 0 Å². The summed E-state index contributed by atoms with van der Waals surface area (Å²) >= 11 is 0. The first-order valence-corrected chi connectivity index (χ1v) is 4.72. The van der Waals surface area contributed by atoms with Crippen LogP contribution in [0.5, 0.6) is 5.75 Å². The average Bonchev–Trinajstić information content (AvgIpc) is 2.21. The van der Waals surface area contributed by atoms with Crippen LogP contribution in [0, 0.1) is 0 Å². The van der Waals surface area contributed by atoms with Gasteiger partial charge in [-0.2, -0.15) is 0 Å². The first-order chi connectivity index (χ1) is 7.11. The molecule has 0 amide bonds. The van der Waals surface area contributed by atoms with Gasteiger partial charge < -0.3 is 15.6 Å². The predicted octanol–water partition coefficient (Wildman–Crippen LogP) is 0.825. The summed E-state index contributed by atoms with van der Waals surface area (Å²) in [5.41, 5.74) is 6.75. The number of hydrogen-bond acceptors (Lipinski definition) is 4. The topological polar surface area (TPSA) is 72.5 Å². The third-order valence-corrected chi connectivity index (χ3v) is 2.09. The molecule has 0 aliphatic rings. The number of hydrogen-bond donors (Lipinski definition) is 2. The van der Waals surface area contributed by atoms with E-state index in [2.05, 4.69) is 4.74 Å². The van der Waals surface area contributed by atoms with E-state index >= 15 is 0 Å². The first kappa shape index (κ1) is 11.5. The molecule has 0 radical (unpaired) electrons. The van der Waals surface area contributed by atoms with Crippen LogP contribution in [0.2, 0.25) is 0 Å². The van der Waals surface area contributed by atoms with E-state index < -0.39 is 0 Å². The van der Waals surface area contributed by atoms with E-state index in [-0.39, 0.29) is 24.2 Å². The van der Waals surface area contributed by atoms with E-state index in [1.165, 1.54) is 7.11 Å². The molecule has 4 nitrogen and oxygen atoms in total. The molecule has 0 bridgehead atoms. The molecule has 0 aromatic heterocycles. The van der Waals surface area contributed by atoms with Crippen LogP contribution in [0.1, 0.15) is 12.0 Å². The Labute approximate surface area is 88.7 Å². The molecular formula is C11H15NO3. The number of ether oxygens (including phenoxy) is 1. The maximum atomic E-state index is 10.9. The number of nitrogens with two attached hydrogens (primary N) is 1. The Balaban J connectivity index is 2.47. The quantitative estimate of drug-likeness (QED) is 0.720. The van der Waals surface area contributed by atoms with Crippen LogP contribution in [0.3, 0.4) is 0 Å². The Hall–Kier alpha value is -1.55. The highest BCUT2D eigenvalue weighted by Crippen LogP contribution is 2.11. The first-order valence-electron chi connectivity index (χ1n) is 4.72. The number of carbonyl (C=O) groups excluding carboxylic acids is 1. The zero-order valence-corrected chi connectivity index (χ0v) is 8.64. The summed E-state index contributed by atoms with van der Waals surface area (Å²) < 4.78 is 4.52. The van der Waals surface area contributed by atoms with Gasteiger partial charge in [0, 0.05) is 6.04 Å². The van der Waals surface area contributed by atoms with Crippen molar-refractivity contribution in [2.45, 2.75) is 18.9 Å². The number of carbonyl (C=O) groups is 1. The number of esters is 1. The fourth-order valence-electron chi connectivity index (χ4n) is 1.30. The molecule has 1 aromatic rings. The summed E-state index contributed by atoms with van der Waals surface area (Å²) in [5, 5.41) is 9.07. The number of methoxy groups -OCH3 is 1. The second-order valence-electron chi connectivity index (χ2n) is 3.41. The lowest BCUT2D eigenvalue weighted by molar-refractivity contribution is -0.140. The fourth-order valence-corrected chi connectivity index (χ4v) is 1.30. The van der Waals surface area contributed by atoms with Gasteiger partial charge >= 0.3 is 5.97 Å². The highest BCUT2D eigenvalue weighted by molar-refractivity contribution is 5.69. The summed E-state index contributed by atoms with van der Waals surface area (Å²) in [6, 6.07) is 6.52. The largest absolute Gasteiger partial charge is 0.508 e. The number of phenolic OH excluding ortho intramolecular Hbond substituents is 1. The van der Waals surface area contributed by atoms with Crippen LogP contribution < -0.4 is 5.73 Å². The van der Waals surface area contributed by atoms with Crippen LogP contribution in [0.15, 0.2) is 24.3 Å². The monoisotopic (exact) mass is 209 g/mol. The standard InChI is InChI=1S/C11H15NO3/c1-15-11(14)7-9(12)6-8-2-4-10(13)5-3-8/h2-5,9,13H,6-7,12H2,1H3. The minimum absolute atomic E-state index is 0.206. The molecule has 3 N–H and O–H groups in total. The van der Waals surface area contributed by atoms with E-state index in [1.807, 2.05) is 0 Å². The third-order valence-electron chi connectivity index (χ3n) is 2.09. The molecule has 0 aliphatic heterocycles. The molecule has 4 heteroatoms. The molecule has 15 heavy (non-hydrogen) atoms. The normalized spacial score (nSPS) is 12.1. The molecule has 0 fully saturated rings. The maximum absolute atomic E-state index is 10.9. The minimum Gasteiger partial charge on any atom is -0.508 e. The van der Waals surface area contributed by atoms with Crippen LogP contribution in [-0.2, 0) is 16.0 Å². The molecule has 0 saturated heterocycles. The lowest BCUT2D eigenvalue weighted by atomic mass is 10.0. The van der Waals surface area contributed by atoms with Crippen molar-refractivity contribution in [3.05, 3.63) is 29.8 Å². The van der Waals surface area contributed by atoms with Crippen molar-refractivity contribution < 1.29 is 14.6 Å². The van der Waals surface area contributed by atoms with Crippen molar-refractivity contribution in [1.82, 2.24) is 0 Å². The summed E-state index contributed by atoms with van der Waals surface area (Å²) in [5.74, 6) is -0.0819. The molecule has 1 aromatic carbocycles. The highest BCUT2D eigenvalue weighted by Gasteiger charge is 2.10. The second kappa shape index (κ2) is 5.36. The Bertz CT molecular complexity index is 321. The summed E-state index contributed by atoms with van der Waals surface area (Å²) in [7, 11) is 1.34. The smallest absolute Gasteiger partial charge is 0.307 e. The van der Waals surface area contributed by atoms with E-state index in [4.69, 9.17) is 10.8 Å². The van der Waals surface area contributed by atoms with Gasteiger partial charge in [0.15, 0.2) is 0 Å². The summed E-state index contributed by atoms with van der Waals surface area (Å²) in [6.07, 6.45) is 0.798. The molecule has 0 heterocycles. The van der Waals surface area contributed by atoms with E-state index in [0.29, 0.717) is 6.42 Å². The molecule has 0 aliphatic carbocycles. The Kier molecular flexibility index (Phi) is 4.12. The van der Waals surface area contributed by atoms with Crippen molar-refractivity contribution in [3.8, 4) is 5.75 Å². The fraction of sp³-hybridized carbons (Fsp3) is 0.364. The minimum atomic E-state index is -0.304. The van der Waals surface area contributed by atoms with Crippen LogP contribution in [-0.4, -0.2) is 24.2 Å². The zero-order valence-electron chi connectivity index (χ0n) is 8.64. The molecule has 1 atom stereocenters. The maximum Gasteiger partial charge on any atom is 0.307 e. The van der Waals surface area contributed by atoms with E-state index in [1.54, 1.807) is 24.3 Å². The Morgan fingerprint density at radius 1 is 1.47 bits per heavy atom. The van der Waals surface area contributed by atoms with E-state index in [9.17, 15) is 4.79 Å². The number of rotatable bonds is 4. The summed E-state index contributed by atoms with van der Waals surface area (Å²) in [6.45, 7) is 0. The molecule has 0 spiro atoms. The van der Waals surface area contributed by atoms with Crippen molar-refractivity contribution >= 4 is 5.97 Å². The molecule has 0 saturated carbocycles. The van der Waals surface area contributed by atoms with Gasteiger partial charge in [-0.15, -0.1) is 0 Å². The van der Waals surface area contributed by atoms with E-state index in [0.717, 1.165) is 5.56 Å². The van der Waals surface area contributed by atoms with Gasteiger partial charge in [0.2, 0.25) is 0 Å². The van der Waals surface area contributed by atoms with Gasteiger partial charge in [-0.05, 0) is 24.1 Å². The molecule has 82 valence electrons. The van der Waals surface area contributed by atoms with Gasteiger partial charge in [-0.3, -0.25) is 4.79 Å². The summed E-state index contributed by atoms with van der Waals surface area (Å²) in [4.78, 5) is 10.9. The van der Waals surface area contributed by atoms with Crippen molar-refractivity contribution in [2.24, 2.45) is 5.73 Å². The average molecular weight is 209 g/mol. The van der Waals surface area contributed by atoms with Crippen LogP contribution in [0.4, 0.5) is 0 Å². The van der Waals surface area contributed by atoms with Gasteiger partial charge in [0.1, 0.15) is 5.75 Å². The third kappa shape index (κ3) is 3.99. The lowest BCUT2D eigenvalue weighted by Gasteiger charge is -2.09. The Morgan fingerprint density at radius 3 is 2.60 bits per heavy atom. The number of benzene rings is 1.